The number of benzene rings is 4. The number of aromatic hydroxyl groups is 2. The van der Waals surface area contributed by atoms with Gasteiger partial charge in [0.2, 0.25) is 0 Å². The standard InChI is InChI=1S/2C13H10NO2.Zn/c2*15-11-7-3-1-5-9(11)13-14-10-6-2-4-8-12(10)16-13;/h2*1-8,13,15H;/q2*-1;+2. The molecule has 0 aliphatic carbocycles. The summed E-state index contributed by atoms with van der Waals surface area (Å²) in [5.41, 5.74) is 3.05. The average molecular weight is 490 g/mol. The summed E-state index contributed by atoms with van der Waals surface area (Å²) in [5.74, 6) is 1.94. The van der Waals surface area contributed by atoms with E-state index in [9.17, 15) is 10.2 Å². The Kier molecular flexibility index (Phi) is 6.71. The van der Waals surface area contributed by atoms with Gasteiger partial charge in [0.15, 0.2) is 0 Å². The number of para-hydroxylation sites is 6. The molecule has 0 radical (unpaired) electrons. The minimum Gasteiger partial charge on any atom is -0.643 e. The van der Waals surface area contributed by atoms with E-state index in [0.29, 0.717) is 11.1 Å². The Morgan fingerprint density at radius 3 is 1.27 bits per heavy atom. The fraction of sp³-hybridized carbons (Fsp3) is 0.0769. The zero-order chi connectivity index (χ0) is 21.9. The van der Waals surface area contributed by atoms with Crippen LogP contribution in [0.4, 0.5) is 11.4 Å². The fourth-order valence-electron chi connectivity index (χ4n) is 3.53. The van der Waals surface area contributed by atoms with Crippen LogP contribution < -0.4 is 9.47 Å². The number of fused-ring (bicyclic) bond motifs is 2. The van der Waals surface area contributed by atoms with Gasteiger partial charge in [0.25, 0.3) is 0 Å². The van der Waals surface area contributed by atoms with Crippen LogP contribution in [0.5, 0.6) is 23.0 Å². The number of phenols is 2. The molecule has 0 spiro atoms. The zero-order valence-electron chi connectivity index (χ0n) is 17.7. The summed E-state index contributed by atoms with van der Waals surface area (Å²) in [6.45, 7) is 0. The quantitative estimate of drug-likeness (QED) is 0.297. The van der Waals surface area contributed by atoms with Gasteiger partial charge in [-0.25, -0.2) is 0 Å². The fourth-order valence-corrected chi connectivity index (χ4v) is 3.53. The van der Waals surface area contributed by atoms with Gasteiger partial charge in [0, 0.05) is 11.1 Å². The van der Waals surface area contributed by atoms with Crippen molar-refractivity contribution in [3.63, 3.8) is 0 Å². The Morgan fingerprint density at radius 1 is 0.515 bits per heavy atom. The molecule has 2 heterocycles. The first kappa shape index (κ1) is 22.5. The number of phenolic OH excluding ortho intramolecular Hbond substituents is 2. The van der Waals surface area contributed by atoms with Crippen molar-refractivity contribution in [1.82, 2.24) is 0 Å². The topological polar surface area (TPSA) is 87.1 Å². The number of hydrogen-bond acceptors (Lipinski definition) is 4. The second-order valence-corrected chi connectivity index (χ2v) is 7.25. The van der Waals surface area contributed by atoms with Gasteiger partial charge in [0.05, 0.1) is 12.5 Å². The van der Waals surface area contributed by atoms with E-state index in [1.807, 2.05) is 72.8 Å². The van der Waals surface area contributed by atoms with E-state index in [4.69, 9.17) is 9.47 Å². The van der Waals surface area contributed by atoms with E-state index < -0.39 is 12.5 Å². The maximum absolute atomic E-state index is 9.71. The van der Waals surface area contributed by atoms with Crippen molar-refractivity contribution in [3.8, 4) is 23.0 Å². The van der Waals surface area contributed by atoms with Gasteiger partial charge in [-0.15, -0.1) is 0 Å². The molecular formula is C26H20N2O4Zn. The van der Waals surface area contributed by atoms with Gasteiger partial charge >= 0.3 is 19.5 Å². The van der Waals surface area contributed by atoms with Gasteiger partial charge in [-0.3, -0.25) is 0 Å². The molecule has 6 nitrogen and oxygen atoms in total. The minimum atomic E-state index is -0.432. The van der Waals surface area contributed by atoms with Crippen molar-refractivity contribution in [2.24, 2.45) is 0 Å². The molecule has 2 N–H and O–H groups in total. The van der Waals surface area contributed by atoms with Crippen molar-refractivity contribution >= 4 is 11.4 Å². The Hall–Kier alpha value is -3.70. The second-order valence-electron chi connectivity index (χ2n) is 7.25. The molecule has 4 aromatic rings. The summed E-state index contributed by atoms with van der Waals surface area (Å²) in [6.07, 6.45) is -0.864. The smallest absolute Gasteiger partial charge is 0.643 e. The van der Waals surface area contributed by atoms with Gasteiger partial charge in [-0.2, -0.15) is 0 Å². The third-order valence-corrected chi connectivity index (χ3v) is 5.13. The Bertz CT molecular complexity index is 1100. The molecular weight excluding hydrogens is 470 g/mol. The molecule has 2 atom stereocenters. The zero-order valence-corrected chi connectivity index (χ0v) is 20.7. The van der Waals surface area contributed by atoms with Gasteiger partial charge in [-0.05, 0) is 24.3 Å². The van der Waals surface area contributed by atoms with Crippen molar-refractivity contribution in [1.29, 1.82) is 0 Å². The van der Waals surface area contributed by atoms with E-state index in [2.05, 4.69) is 10.6 Å². The van der Waals surface area contributed by atoms with Crippen LogP contribution in [-0.4, -0.2) is 10.2 Å². The van der Waals surface area contributed by atoms with Crippen molar-refractivity contribution in [2.45, 2.75) is 12.5 Å². The molecule has 2 aliphatic rings. The molecule has 0 saturated carbocycles. The Balaban J connectivity index is 0.000000152. The van der Waals surface area contributed by atoms with Crippen LogP contribution in [0, 0.1) is 0 Å². The minimum absolute atomic E-state index is 0. The van der Waals surface area contributed by atoms with Crippen LogP contribution in [0.2, 0.25) is 0 Å². The maximum atomic E-state index is 9.71. The summed E-state index contributed by atoms with van der Waals surface area (Å²) in [4.78, 5) is 0. The molecule has 0 aromatic heterocycles. The summed E-state index contributed by atoms with van der Waals surface area (Å²) < 4.78 is 11.3. The van der Waals surface area contributed by atoms with Crippen LogP contribution in [0.1, 0.15) is 23.6 Å². The van der Waals surface area contributed by atoms with E-state index in [1.165, 1.54) is 0 Å². The Labute approximate surface area is 204 Å². The molecule has 2 unspecified atom stereocenters. The number of ether oxygens (including phenoxy) is 2. The predicted octanol–water partition coefficient (Wildman–Crippen LogP) is 6.97. The molecule has 6 rings (SSSR count). The molecule has 4 aromatic carbocycles. The first-order chi connectivity index (χ1) is 15.7. The van der Waals surface area contributed by atoms with Crippen LogP contribution in [0.25, 0.3) is 10.6 Å². The van der Waals surface area contributed by atoms with E-state index in [-0.39, 0.29) is 31.0 Å². The maximum Gasteiger partial charge on any atom is 2.00 e. The van der Waals surface area contributed by atoms with Gasteiger partial charge < -0.3 is 30.3 Å². The summed E-state index contributed by atoms with van der Waals surface area (Å²) in [7, 11) is 0. The number of nitrogens with zero attached hydrogens (tertiary/aromatic N) is 2. The molecule has 33 heavy (non-hydrogen) atoms. The molecule has 0 amide bonds. The molecule has 160 valence electrons. The number of hydrogen-bond donors (Lipinski definition) is 2. The van der Waals surface area contributed by atoms with Crippen LogP contribution in [-0.2, 0) is 19.5 Å². The monoisotopic (exact) mass is 488 g/mol. The van der Waals surface area contributed by atoms with Gasteiger partial charge in [0.1, 0.15) is 23.0 Å². The third kappa shape index (κ3) is 4.74. The predicted molar refractivity (Wildman–Crippen MR) is 122 cm³/mol. The van der Waals surface area contributed by atoms with Crippen LogP contribution in [0.15, 0.2) is 97.1 Å². The number of rotatable bonds is 2. The second kappa shape index (κ2) is 9.84. The molecule has 0 fully saturated rings. The van der Waals surface area contributed by atoms with E-state index in [0.717, 1.165) is 22.9 Å². The summed E-state index contributed by atoms with van der Waals surface area (Å²) in [6, 6.07) is 29.4. The normalized spacial score (nSPS) is 16.8. The first-order valence-corrected chi connectivity index (χ1v) is 10.2. The summed E-state index contributed by atoms with van der Waals surface area (Å²) in [5, 5.41) is 28.2. The summed E-state index contributed by atoms with van der Waals surface area (Å²) >= 11 is 0. The third-order valence-electron chi connectivity index (χ3n) is 5.13. The van der Waals surface area contributed by atoms with Crippen LogP contribution in [0.3, 0.4) is 0 Å². The van der Waals surface area contributed by atoms with Crippen LogP contribution >= 0.6 is 0 Å². The molecule has 0 saturated heterocycles. The van der Waals surface area contributed by atoms with Crippen molar-refractivity contribution < 1.29 is 39.2 Å². The molecule has 0 bridgehead atoms. The SMILES string of the molecule is Oc1ccccc1C1[N-]c2ccccc2O1.Oc1ccccc1C1[N-]c2ccccc2O1.[Zn+2]. The van der Waals surface area contributed by atoms with E-state index in [1.54, 1.807) is 24.3 Å². The Morgan fingerprint density at radius 2 is 0.879 bits per heavy atom. The largest absolute Gasteiger partial charge is 2.00 e. The molecule has 7 heteroatoms. The molecule has 2 aliphatic heterocycles. The van der Waals surface area contributed by atoms with E-state index >= 15 is 0 Å². The first-order valence-electron chi connectivity index (χ1n) is 10.2. The van der Waals surface area contributed by atoms with Crippen molar-refractivity contribution in [2.75, 3.05) is 0 Å². The average Bonchev–Trinajstić information content (AvgIpc) is 3.44. The van der Waals surface area contributed by atoms with Gasteiger partial charge in [-0.1, -0.05) is 84.2 Å². The van der Waals surface area contributed by atoms with Crippen molar-refractivity contribution in [3.05, 3.63) is 119 Å².